The number of carbonyl (C=O) groups is 4. The molecule has 0 fully saturated rings. The van der Waals surface area contributed by atoms with Crippen LogP contribution in [-0.4, -0.2) is 51.2 Å². The third-order valence-electron chi connectivity index (χ3n) is 4.74. The van der Waals surface area contributed by atoms with E-state index in [1.807, 2.05) is 6.92 Å². The highest BCUT2D eigenvalue weighted by Gasteiger charge is 2.13. The normalized spacial score (nSPS) is 10.1. The van der Waals surface area contributed by atoms with E-state index in [1.165, 1.54) is 14.2 Å². The number of carbonyl (C=O) groups excluding carboxylic acids is 4. The van der Waals surface area contributed by atoms with Gasteiger partial charge in [0.15, 0.2) is 6.61 Å². The van der Waals surface area contributed by atoms with Gasteiger partial charge in [-0.2, -0.15) is 0 Å². The molecule has 0 aromatic heterocycles. The molecule has 0 bridgehead atoms. The molecule has 2 aromatic rings. The van der Waals surface area contributed by atoms with Crippen molar-refractivity contribution in [1.29, 1.82) is 0 Å². The fourth-order valence-electron chi connectivity index (χ4n) is 2.83. The van der Waals surface area contributed by atoms with Crippen molar-refractivity contribution in [2.24, 2.45) is 0 Å². The summed E-state index contributed by atoms with van der Waals surface area (Å²) in [7, 11) is 2.96. The van der Waals surface area contributed by atoms with Crippen molar-refractivity contribution in [2.45, 2.75) is 32.6 Å². The van der Waals surface area contributed by atoms with Crippen LogP contribution in [0.15, 0.2) is 42.5 Å². The smallest absolute Gasteiger partial charge is 0.338 e. The van der Waals surface area contributed by atoms with E-state index in [0.717, 1.165) is 12.8 Å². The third-order valence-corrected chi connectivity index (χ3v) is 4.74. The number of ether oxygens (including phenoxy) is 4. The van der Waals surface area contributed by atoms with Crippen molar-refractivity contribution in [3.05, 3.63) is 48.0 Å². The van der Waals surface area contributed by atoms with Crippen molar-refractivity contribution < 1.29 is 38.1 Å². The van der Waals surface area contributed by atoms with Gasteiger partial charge in [-0.15, -0.1) is 0 Å². The van der Waals surface area contributed by atoms with Crippen LogP contribution in [-0.2, 0) is 23.9 Å². The molecule has 0 heterocycles. The first-order valence-electron chi connectivity index (χ1n) is 11.1. The number of hydrogen-bond donors (Lipinski definition) is 2. The minimum absolute atomic E-state index is 0.131. The van der Waals surface area contributed by atoms with Gasteiger partial charge in [0, 0.05) is 18.2 Å². The third kappa shape index (κ3) is 9.36. The van der Waals surface area contributed by atoms with Crippen molar-refractivity contribution in [3.63, 3.8) is 0 Å². The summed E-state index contributed by atoms with van der Waals surface area (Å²) in [5.74, 6) is -1.13. The second-order valence-electron chi connectivity index (χ2n) is 7.39. The molecular weight excluding hydrogens is 456 g/mol. The molecule has 0 unspecified atom stereocenters. The number of methoxy groups -OCH3 is 2. The van der Waals surface area contributed by atoms with E-state index in [9.17, 15) is 19.2 Å². The SMILES string of the molecule is CCCCOC(=O)c1ccc(NC(=O)CCC(=O)OCC(=O)Nc2ccc(OC)cc2OC)cc1. The molecule has 0 atom stereocenters. The molecule has 10 heteroatoms. The van der Waals surface area contributed by atoms with E-state index in [-0.39, 0.29) is 12.8 Å². The van der Waals surface area contributed by atoms with E-state index < -0.39 is 30.4 Å². The zero-order valence-electron chi connectivity index (χ0n) is 20.1. The Morgan fingerprint density at radius 1 is 0.829 bits per heavy atom. The lowest BCUT2D eigenvalue weighted by Crippen LogP contribution is -2.22. The minimum Gasteiger partial charge on any atom is -0.497 e. The highest BCUT2D eigenvalue weighted by Crippen LogP contribution is 2.28. The van der Waals surface area contributed by atoms with Gasteiger partial charge < -0.3 is 29.6 Å². The van der Waals surface area contributed by atoms with E-state index >= 15 is 0 Å². The molecule has 35 heavy (non-hydrogen) atoms. The summed E-state index contributed by atoms with van der Waals surface area (Å²) in [6.07, 6.45) is 1.39. The Morgan fingerprint density at radius 2 is 1.57 bits per heavy atom. The van der Waals surface area contributed by atoms with Gasteiger partial charge in [-0.1, -0.05) is 13.3 Å². The number of nitrogens with one attached hydrogen (secondary N) is 2. The van der Waals surface area contributed by atoms with Gasteiger partial charge in [-0.25, -0.2) is 4.79 Å². The molecule has 2 rings (SSSR count). The van der Waals surface area contributed by atoms with Crippen LogP contribution in [0.25, 0.3) is 0 Å². The second-order valence-corrected chi connectivity index (χ2v) is 7.39. The van der Waals surface area contributed by atoms with Crippen LogP contribution in [0.3, 0.4) is 0 Å². The Morgan fingerprint density at radius 3 is 2.23 bits per heavy atom. The van der Waals surface area contributed by atoms with Crippen molar-refractivity contribution >= 4 is 35.1 Å². The molecule has 0 saturated heterocycles. The van der Waals surface area contributed by atoms with E-state index in [2.05, 4.69) is 10.6 Å². The lowest BCUT2D eigenvalue weighted by molar-refractivity contribution is -0.147. The molecule has 0 radical (unpaired) electrons. The molecule has 0 aliphatic heterocycles. The highest BCUT2D eigenvalue weighted by atomic mass is 16.5. The van der Waals surface area contributed by atoms with Gasteiger partial charge in [0.1, 0.15) is 11.5 Å². The van der Waals surface area contributed by atoms with Crippen LogP contribution in [0.4, 0.5) is 11.4 Å². The van der Waals surface area contributed by atoms with Gasteiger partial charge >= 0.3 is 11.9 Å². The van der Waals surface area contributed by atoms with Gasteiger partial charge in [0.25, 0.3) is 5.91 Å². The Kier molecular flexibility index (Phi) is 11.1. The first-order chi connectivity index (χ1) is 16.9. The lowest BCUT2D eigenvalue weighted by atomic mass is 10.2. The van der Waals surface area contributed by atoms with E-state index in [1.54, 1.807) is 42.5 Å². The monoisotopic (exact) mass is 486 g/mol. The largest absolute Gasteiger partial charge is 0.497 e. The Balaban J connectivity index is 1.72. The molecule has 188 valence electrons. The minimum atomic E-state index is -0.692. The van der Waals surface area contributed by atoms with E-state index in [0.29, 0.717) is 35.0 Å². The number of benzene rings is 2. The number of hydrogen-bond acceptors (Lipinski definition) is 8. The van der Waals surface area contributed by atoms with Crippen molar-refractivity contribution in [2.75, 3.05) is 38.1 Å². The maximum Gasteiger partial charge on any atom is 0.338 e. The number of anilines is 2. The van der Waals surface area contributed by atoms with Gasteiger partial charge in [-0.3, -0.25) is 14.4 Å². The first-order valence-corrected chi connectivity index (χ1v) is 11.1. The molecule has 2 aromatic carbocycles. The van der Waals surface area contributed by atoms with Crippen LogP contribution in [0, 0.1) is 0 Å². The number of amides is 2. The Bertz CT molecular complexity index is 1020. The zero-order chi connectivity index (χ0) is 25.6. The molecule has 0 spiro atoms. The van der Waals surface area contributed by atoms with Gasteiger partial charge in [0.2, 0.25) is 5.91 Å². The lowest BCUT2D eigenvalue weighted by Gasteiger charge is -2.12. The van der Waals surface area contributed by atoms with Crippen molar-refractivity contribution in [3.8, 4) is 11.5 Å². The van der Waals surface area contributed by atoms with Gasteiger partial charge in [-0.05, 0) is 42.8 Å². The van der Waals surface area contributed by atoms with Crippen LogP contribution < -0.4 is 20.1 Å². The molecule has 0 aliphatic carbocycles. The standard InChI is InChI=1S/C25H30N2O8/c1-4-5-14-34-25(31)17-6-8-18(9-7-17)26-22(28)12-13-24(30)35-16-23(29)27-20-11-10-19(32-2)15-21(20)33-3/h6-11,15H,4-5,12-14,16H2,1-3H3,(H,26,28)(H,27,29). The molecule has 0 saturated carbocycles. The first kappa shape index (κ1) is 27.2. The quantitative estimate of drug-likeness (QED) is 0.325. The number of rotatable bonds is 13. The zero-order valence-corrected chi connectivity index (χ0v) is 20.1. The summed E-state index contributed by atoms with van der Waals surface area (Å²) in [4.78, 5) is 48.0. The summed E-state index contributed by atoms with van der Waals surface area (Å²) in [6, 6.07) is 11.1. The predicted molar refractivity (Wildman–Crippen MR) is 129 cm³/mol. The second kappa shape index (κ2) is 14.2. The number of unbranched alkanes of at least 4 members (excludes halogenated alkanes) is 1. The molecule has 10 nitrogen and oxygen atoms in total. The Labute approximate surface area is 203 Å². The molecule has 2 amide bonds. The summed E-state index contributed by atoms with van der Waals surface area (Å²) >= 11 is 0. The molecule has 0 aliphatic rings. The van der Waals surface area contributed by atoms with E-state index in [4.69, 9.17) is 18.9 Å². The maximum absolute atomic E-state index is 12.1. The van der Waals surface area contributed by atoms with Crippen LogP contribution in [0.5, 0.6) is 11.5 Å². The fraction of sp³-hybridized carbons (Fsp3) is 0.360. The molecule has 2 N–H and O–H groups in total. The summed E-state index contributed by atoms with van der Waals surface area (Å²) in [5, 5.41) is 5.22. The van der Waals surface area contributed by atoms with Crippen LogP contribution in [0.2, 0.25) is 0 Å². The predicted octanol–water partition coefficient (Wildman–Crippen LogP) is 3.56. The topological polar surface area (TPSA) is 129 Å². The van der Waals surface area contributed by atoms with Crippen molar-refractivity contribution in [1.82, 2.24) is 0 Å². The maximum atomic E-state index is 12.1. The number of esters is 2. The Hall–Kier alpha value is -4.08. The van der Waals surface area contributed by atoms with Gasteiger partial charge in [0.05, 0.1) is 38.5 Å². The average Bonchev–Trinajstić information content (AvgIpc) is 2.87. The molecular formula is C25H30N2O8. The summed E-state index contributed by atoms with van der Waals surface area (Å²) < 4.78 is 20.4. The summed E-state index contributed by atoms with van der Waals surface area (Å²) in [5.41, 5.74) is 1.25. The van der Waals surface area contributed by atoms with Crippen LogP contribution >= 0.6 is 0 Å². The van der Waals surface area contributed by atoms with Crippen LogP contribution in [0.1, 0.15) is 43.0 Å². The highest BCUT2D eigenvalue weighted by molar-refractivity contribution is 5.96. The fourth-order valence-corrected chi connectivity index (χ4v) is 2.83. The summed E-state index contributed by atoms with van der Waals surface area (Å²) in [6.45, 7) is 1.86. The average molecular weight is 487 g/mol.